The second kappa shape index (κ2) is 10.4. The maximum absolute atomic E-state index is 13.4. The van der Waals surface area contributed by atoms with Gasteiger partial charge < -0.3 is 5.32 Å². The predicted octanol–water partition coefficient (Wildman–Crippen LogP) is 5.06. The highest BCUT2D eigenvalue weighted by Crippen LogP contribution is 2.33. The highest BCUT2D eigenvalue weighted by Gasteiger charge is 2.21. The Morgan fingerprint density at radius 1 is 1.06 bits per heavy atom. The highest BCUT2D eigenvalue weighted by atomic mass is 32.2. The van der Waals surface area contributed by atoms with Crippen LogP contribution in [0, 0.1) is 0 Å². The molecule has 0 aliphatic rings. The molecule has 0 spiro atoms. The van der Waals surface area contributed by atoms with Crippen LogP contribution in [0.1, 0.15) is 73.8 Å². The van der Waals surface area contributed by atoms with E-state index in [4.69, 9.17) is 5.14 Å². The van der Waals surface area contributed by atoms with Gasteiger partial charge in [-0.25, -0.2) is 18.1 Å². The van der Waals surface area contributed by atoms with Gasteiger partial charge in [-0.15, -0.1) is 4.36 Å². The molecule has 2 aromatic carbocycles. The lowest BCUT2D eigenvalue weighted by atomic mass is 9.85. The van der Waals surface area contributed by atoms with E-state index in [2.05, 4.69) is 9.68 Å². The molecule has 170 valence electrons. The molecule has 8 heteroatoms. The van der Waals surface area contributed by atoms with Gasteiger partial charge in [0.05, 0.1) is 11.3 Å². The maximum atomic E-state index is 13.4. The molecule has 2 aromatic rings. The van der Waals surface area contributed by atoms with Crippen molar-refractivity contribution in [3.05, 3.63) is 64.2 Å². The van der Waals surface area contributed by atoms with Gasteiger partial charge in [-0.3, -0.25) is 4.79 Å². The van der Waals surface area contributed by atoms with Gasteiger partial charge in [-0.2, -0.15) is 0 Å². The Kier molecular flexibility index (Phi) is 8.45. The molecular weight excluding hydrogens is 420 g/mol. The quantitative estimate of drug-likeness (QED) is 0.588. The first-order chi connectivity index (χ1) is 14.5. The molecule has 0 radical (unpaired) electrons. The number of nitrogens with two attached hydrogens (primary N) is 1. The molecule has 1 unspecified atom stereocenters. The molecule has 0 fully saturated rings. The average Bonchev–Trinajstić information content (AvgIpc) is 2.67. The van der Waals surface area contributed by atoms with Gasteiger partial charge in [0.15, 0.2) is 0 Å². The van der Waals surface area contributed by atoms with Gasteiger partial charge in [0.1, 0.15) is 9.92 Å². The van der Waals surface area contributed by atoms with Gasteiger partial charge >= 0.3 is 0 Å². The summed E-state index contributed by atoms with van der Waals surface area (Å²) in [5.41, 5.74) is 2.91. The molecule has 5 nitrogen and oxygen atoms in total. The Labute approximate surface area is 183 Å². The zero-order chi connectivity index (χ0) is 23.3. The van der Waals surface area contributed by atoms with Crippen LogP contribution in [0.5, 0.6) is 0 Å². The number of carbonyl (C=O) groups is 1. The van der Waals surface area contributed by atoms with E-state index < -0.39 is 22.2 Å². The molecule has 1 atom stereocenters. The Morgan fingerprint density at radius 2 is 1.58 bits per heavy atom. The van der Waals surface area contributed by atoms with Crippen LogP contribution >= 0.6 is 0 Å². The van der Waals surface area contributed by atoms with E-state index in [-0.39, 0.29) is 28.7 Å². The van der Waals surface area contributed by atoms with Crippen molar-refractivity contribution in [3.8, 4) is 0 Å². The molecule has 1 amide bonds. The second-order valence-corrected chi connectivity index (χ2v) is 9.98. The number of nitrogens with one attached hydrogen (secondary N) is 1. The molecule has 31 heavy (non-hydrogen) atoms. The van der Waals surface area contributed by atoms with Crippen molar-refractivity contribution in [3.63, 3.8) is 0 Å². The average molecular weight is 452 g/mol. The van der Waals surface area contributed by atoms with Gasteiger partial charge in [0.2, 0.25) is 0 Å². The predicted molar refractivity (Wildman–Crippen MR) is 121 cm³/mol. The number of hydrogen-bond donors (Lipinski definition) is 2. The van der Waals surface area contributed by atoms with Crippen LogP contribution in [-0.2, 0) is 27.7 Å². The molecule has 3 N–H and O–H groups in total. The van der Waals surface area contributed by atoms with Crippen molar-refractivity contribution in [2.24, 2.45) is 9.50 Å². The van der Waals surface area contributed by atoms with E-state index in [1.807, 2.05) is 34.7 Å². The summed E-state index contributed by atoms with van der Waals surface area (Å²) < 4.78 is 43.5. The first kappa shape index (κ1) is 25.1. The van der Waals surface area contributed by atoms with E-state index in [9.17, 15) is 17.8 Å². The van der Waals surface area contributed by atoms with Gasteiger partial charge in [0, 0.05) is 12.1 Å². The Balaban J connectivity index is 2.45. The summed E-state index contributed by atoms with van der Waals surface area (Å²) >= 11 is 0. The van der Waals surface area contributed by atoms with Crippen LogP contribution in [0.3, 0.4) is 0 Å². The molecule has 0 saturated carbocycles. The fraction of sp³-hybridized carbons (Fsp3) is 0.435. The van der Waals surface area contributed by atoms with Crippen LogP contribution in [0.25, 0.3) is 0 Å². The van der Waals surface area contributed by atoms with Crippen molar-refractivity contribution in [1.29, 1.82) is 0 Å². The van der Waals surface area contributed by atoms with Gasteiger partial charge in [-0.05, 0) is 65.4 Å². The van der Waals surface area contributed by atoms with Crippen molar-refractivity contribution in [2.75, 3.05) is 7.05 Å². The van der Waals surface area contributed by atoms with E-state index >= 15 is 0 Å². The largest absolute Gasteiger partial charge is 0.316 e. The summed E-state index contributed by atoms with van der Waals surface area (Å²) in [5, 5.41) is 8.92. The van der Waals surface area contributed by atoms with Crippen LogP contribution in [0.4, 0.5) is 8.78 Å². The normalized spacial score (nSPS) is 13.6. The summed E-state index contributed by atoms with van der Waals surface area (Å²) in [5.74, 6) is -0.776. The number of hydrogen-bond acceptors (Lipinski definition) is 3. The Morgan fingerprint density at radius 3 is 2.00 bits per heavy atom. The number of rotatable bonds is 8. The third kappa shape index (κ3) is 6.41. The monoisotopic (exact) mass is 451 g/mol. The van der Waals surface area contributed by atoms with Crippen LogP contribution in [-0.4, -0.2) is 17.2 Å². The Hall–Kier alpha value is -2.16. The van der Waals surface area contributed by atoms with E-state index in [1.54, 1.807) is 24.3 Å². The SMILES string of the molecule is CNCc1ccc(S(N)(=O)=NC(=O)Cc2c(C(C)C)cc(C(F)F)cc2C(C)C)cc1. The topological polar surface area (TPSA) is 84.5 Å². The maximum Gasteiger partial charge on any atom is 0.263 e. The third-order valence-electron chi connectivity index (χ3n) is 5.04. The number of carbonyl (C=O) groups excluding carboxylic acids is 1. The third-order valence-corrected chi connectivity index (χ3v) is 6.47. The number of amides is 1. The summed E-state index contributed by atoms with van der Waals surface area (Å²) in [7, 11) is -1.60. The summed E-state index contributed by atoms with van der Waals surface area (Å²) in [6, 6.07) is 9.64. The minimum absolute atomic E-state index is 0.0650. The highest BCUT2D eigenvalue weighted by molar-refractivity contribution is 7.91. The zero-order valence-electron chi connectivity index (χ0n) is 18.6. The molecule has 2 rings (SSSR count). The minimum Gasteiger partial charge on any atom is -0.316 e. The molecule has 0 aliphatic heterocycles. The van der Waals surface area contributed by atoms with Gasteiger partial charge in [0.25, 0.3) is 12.3 Å². The molecule has 0 bridgehead atoms. The first-order valence-electron chi connectivity index (χ1n) is 10.2. The summed E-state index contributed by atoms with van der Waals surface area (Å²) in [6.07, 6.45) is -2.74. The lowest BCUT2D eigenvalue weighted by molar-refractivity contribution is -0.117. The van der Waals surface area contributed by atoms with Crippen molar-refractivity contribution in [1.82, 2.24) is 5.32 Å². The molecule has 0 heterocycles. The number of halogens is 2. The zero-order valence-corrected chi connectivity index (χ0v) is 19.4. The Bertz CT molecular complexity index is 1010. The summed E-state index contributed by atoms with van der Waals surface area (Å²) in [4.78, 5) is 13.0. The number of benzene rings is 2. The fourth-order valence-corrected chi connectivity index (χ4v) is 4.49. The van der Waals surface area contributed by atoms with Crippen molar-refractivity contribution < 1.29 is 17.8 Å². The first-order valence-corrected chi connectivity index (χ1v) is 11.8. The van der Waals surface area contributed by atoms with Crippen LogP contribution in [0.2, 0.25) is 0 Å². The van der Waals surface area contributed by atoms with E-state index in [0.29, 0.717) is 23.2 Å². The fourth-order valence-electron chi connectivity index (χ4n) is 3.50. The van der Waals surface area contributed by atoms with Crippen molar-refractivity contribution >= 4 is 15.8 Å². The van der Waals surface area contributed by atoms with E-state index in [1.165, 1.54) is 12.1 Å². The van der Waals surface area contributed by atoms with Crippen LogP contribution < -0.4 is 10.5 Å². The summed E-state index contributed by atoms with van der Waals surface area (Å²) in [6.45, 7) is 8.20. The number of alkyl halides is 2. The number of nitrogens with zero attached hydrogens (tertiary/aromatic N) is 1. The minimum atomic E-state index is -3.41. The standard InChI is InChI=1S/C23H31F2N3O2S/c1-14(2)19-10-17(23(24)25)11-20(15(3)4)21(19)12-22(29)28-31(26,30)18-8-6-16(7-9-18)13-27-5/h6-11,14-15,23,27H,12-13H2,1-5H3,(H2,26,28,29,30). The molecule has 0 aromatic heterocycles. The lowest BCUT2D eigenvalue weighted by Crippen LogP contribution is -2.17. The molecular formula is C23H31F2N3O2S. The second-order valence-electron chi connectivity index (χ2n) is 8.19. The van der Waals surface area contributed by atoms with E-state index in [0.717, 1.165) is 5.56 Å². The lowest BCUT2D eigenvalue weighted by Gasteiger charge is -2.21. The molecule has 0 saturated heterocycles. The smallest absolute Gasteiger partial charge is 0.263 e. The molecule has 0 aliphatic carbocycles. The van der Waals surface area contributed by atoms with Crippen molar-refractivity contribution in [2.45, 2.75) is 63.8 Å². The van der Waals surface area contributed by atoms with Gasteiger partial charge in [-0.1, -0.05) is 39.8 Å². The van der Waals surface area contributed by atoms with Crippen LogP contribution in [0.15, 0.2) is 45.7 Å².